The minimum Gasteiger partial charge on any atom is -0.493 e. The van der Waals surface area contributed by atoms with Crippen molar-refractivity contribution in [2.75, 3.05) is 38.3 Å². The van der Waals surface area contributed by atoms with Gasteiger partial charge in [0.15, 0.2) is 16.6 Å². The van der Waals surface area contributed by atoms with Gasteiger partial charge in [0.05, 0.1) is 31.5 Å². The van der Waals surface area contributed by atoms with E-state index in [4.69, 9.17) is 19.7 Å². The first-order chi connectivity index (χ1) is 17.7. The maximum absolute atomic E-state index is 10.9. The lowest BCUT2D eigenvalue weighted by molar-refractivity contribution is -0.118. The predicted octanol–water partition coefficient (Wildman–Crippen LogP) is 4.62. The van der Waals surface area contributed by atoms with Crippen molar-refractivity contribution in [3.8, 4) is 17.6 Å². The number of carbonyl (C=O) groups is 1. The third-order valence-corrected chi connectivity index (χ3v) is 7.20. The zero-order valence-electron chi connectivity index (χ0n) is 22.5. The number of nitrogens with one attached hydrogen (secondary N) is 1. The van der Waals surface area contributed by atoms with Crippen LogP contribution in [0, 0.1) is 11.3 Å². The molecule has 3 aliphatic rings. The van der Waals surface area contributed by atoms with Gasteiger partial charge in [-0.05, 0) is 31.9 Å². The van der Waals surface area contributed by atoms with Gasteiger partial charge in [-0.1, -0.05) is 45.1 Å². The quantitative estimate of drug-likeness (QED) is 0.581. The summed E-state index contributed by atoms with van der Waals surface area (Å²) >= 11 is 1.79. The Morgan fingerprint density at radius 3 is 2.50 bits per heavy atom. The molecular formula is C27H41N5O3S. The van der Waals surface area contributed by atoms with Crippen LogP contribution in [0.3, 0.4) is 0 Å². The van der Waals surface area contributed by atoms with Crippen molar-refractivity contribution in [1.29, 1.82) is 5.26 Å². The average molecular weight is 516 g/mol. The van der Waals surface area contributed by atoms with E-state index in [1.165, 1.54) is 28.5 Å². The molecule has 36 heavy (non-hydrogen) atoms. The molecule has 1 N–H and O–H groups in total. The van der Waals surface area contributed by atoms with E-state index in [2.05, 4.69) is 16.3 Å². The van der Waals surface area contributed by atoms with E-state index < -0.39 is 0 Å². The Morgan fingerprint density at radius 1 is 1.22 bits per heavy atom. The highest BCUT2D eigenvalue weighted by Gasteiger charge is 2.38. The first kappa shape index (κ1) is 29.4. The molecule has 9 heteroatoms. The van der Waals surface area contributed by atoms with Crippen LogP contribution in [0.5, 0.6) is 11.5 Å². The average Bonchev–Trinajstić information content (AvgIpc) is 3.47. The number of aromatic nitrogens is 1. The number of anilines is 1. The van der Waals surface area contributed by atoms with E-state index in [9.17, 15) is 4.79 Å². The second-order valence-electron chi connectivity index (χ2n) is 8.02. The van der Waals surface area contributed by atoms with Crippen LogP contribution in [-0.4, -0.2) is 61.7 Å². The van der Waals surface area contributed by atoms with E-state index in [0.29, 0.717) is 35.8 Å². The van der Waals surface area contributed by atoms with Crippen molar-refractivity contribution in [3.05, 3.63) is 34.3 Å². The fourth-order valence-corrected chi connectivity index (χ4v) is 5.83. The summed E-state index contributed by atoms with van der Waals surface area (Å²) < 4.78 is 10.4. The van der Waals surface area contributed by atoms with Gasteiger partial charge in [0.2, 0.25) is 6.41 Å². The number of para-hydroxylation sites is 1. The summed E-state index contributed by atoms with van der Waals surface area (Å²) in [5, 5.41) is 13.5. The number of carbonyl (C=O) groups excluding carboxylic acids is 1. The molecule has 2 bridgehead atoms. The molecular weight excluding hydrogens is 474 g/mol. The van der Waals surface area contributed by atoms with E-state index >= 15 is 0 Å². The van der Waals surface area contributed by atoms with Crippen LogP contribution < -0.4 is 19.7 Å². The molecule has 0 spiro atoms. The molecule has 4 heterocycles. The van der Waals surface area contributed by atoms with E-state index in [0.717, 1.165) is 39.0 Å². The smallest absolute Gasteiger partial charge is 0.210 e. The van der Waals surface area contributed by atoms with Gasteiger partial charge in [-0.3, -0.25) is 4.79 Å². The molecule has 2 saturated heterocycles. The molecule has 1 aromatic heterocycles. The number of fused-ring (bicyclic) bond motifs is 3. The predicted molar refractivity (Wildman–Crippen MR) is 146 cm³/mol. The first-order valence-electron chi connectivity index (χ1n) is 13.0. The van der Waals surface area contributed by atoms with Gasteiger partial charge in [-0.15, -0.1) is 0 Å². The van der Waals surface area contributed by atoms with Crippen LogP contribution in [0.15, 0.2) is 18.2 Å². The second-order valence-corrected chi connectivity index (χ2v) is 9.09. The lowest BCUT2D eigenvalue weighted by Crippen LogP contribution is -2.51. The number of hydrogen-bond acceptors (Lipinski definition) is 8. The molecule has 1 amide bonds. The van der Waals surface area contributed by atoms with Crippen LogP contribution in [0.4, 0.5) is 5.13 Å². The molecule has 2 atom stereocenters. The molecule has 2 unspecified atom stereocenters. The second kappa shape index (κ2) is 15.3. The SMILES string of the molecule is CC.CC.CCOc1c(C#N)cccc1OC.O=CN1CCc2nc(N3C4CCC3CNC4)sc2C1. The van der Waals surface area contributed by atoms with Crippen LogP contribution >= 0.6 is 11.3 Å². The van der Waals surface area contributed by atoms with Crippen LogP contribution in [-0.2, 0) is 17.8 Å². The van der Waals surface area contributed by atoms with Crippen molar-refractivity contribution in [2.24, 2.45) is 0 Å². The number of hydrogen-bond donors (Lipinski definition) is 1. The number of amides is 1. The lowest BCUT2D eigenvalue weighted by Gasteiger charge is -2.35. The van der Waals surface area contributed by atoms with Gasteiger partial charge < -0.3 is 24.6 Å². The van der Waals surface area contributed by atoms with Gasteiger partial charge in [0.25, 0.3) is 0 Å². The lowest BCUT2D eigenvalue weighted by atomic mass is 10.2. The Kier molecular flexibility index (Phi) is 12.5. The minimum atomic E-state index is 0.501. The van der Waals surface area contributed by atoms with Gasteiger partial charge in [-0.25, -0.2) is 4.98 Å². The van der Waals surface area contributed by atoms with E-state index in [-0.39, 0.29) is 0 Å². The first-order valence-corrected chi connectivity index (χ1v) is 13.9. The minimum absolute atomic E-state index is 0.501. The molecule has 2 aromatic rings. The summed E-state index contributed by atoms with van der Waals surface area (Å²) in [7, 11) is 1.55. The zero-order valence-corrected chi connectivity index (χ0v) is 23.4. The Bertz CT molecular complexity index is 974. The molecule has 3 aliphatic heterocycles. The zero-order chi connectivity index (χ0) is 26.5. The summed E-state index contributed by atoms with van der Waals surface area (Å²) in [6.07, 6.45) is 4.42. The van der Waals surface area contributed by atoms with E-state index in [1.807, 2.05) is 39.5 Å². The normalized spacial score (nSPS) is 19.1. The standard InChI is InChI=1S/C13H18N4OS.C10H11NO2.2C2H6/c18-8-16-4-3-11-12(7-16)19-13(15-11)17-9-1-2-10(17)6-14-5-9;1-3-13-10-8(7-11)5-4-6-9(10)12-2;2*1-2/h8-10,14H,1-7H2;4-6H,3H2,1-2H3;2*1-2H3. The van der Waals surface area contributed by atoms with Crippen LogP contribution in [0.25, 0.3) is 0 Å². The number of nitriles is 1. The molecule has 1 aromatic carbocycles. The van der Waals surface area contributed by atoms with Crippen molar-refractivity contribution in [1.82, 2.24) is 15.2 Å². The maximum Gasteiger partial charge on any atom is 0.210 e. The molecule has 198 valence electrons. The van der Waals surface area contributed by atoms with Crippen molar-refractivity contribution in [3.63, 3.8) is 0 Å². The van der Waals surface area contributed by atoms with Crippen molar-refractivity contribution < 1.29 is 14.3 Å². The summed E-state index contributed by atoms with van der Waals surface area (Å²) in [4.78, 5) is 21.4. The van der Waals surface area contributed by atoms with Crippen molar-refractivity contribution in [2.45, 2.75) is 72.5 Å². The molecule has 5 rings (SSSR count). The highest BCUT2D eigenvalue weighted by atomic mass is 32.1. The summed E-state index contributed by atoms with van der Waals surface area (Å²) in [6, 6.07) is 8.52. The fraction of sp³-hybridized carbons (Fsp3) is 0.593. The van der Waals surface area contributed by atoms with E-state index in [1.54, 1.807) is 36.6 Å². The topological polar surface area (TPSA) is 90.7 Å². The summed E-state index contributed by atoms with van der Waals surface area (Å²) in [5.74, 6) is 1.12. The monoisotopic (exact) mass is 515 g/mol. The molecule has 0 radical (unpaired) electrons. The van der Waals surface area contributed by atoms with Gasteiger partial charge in [-0.2, -0.15) is 5.26 Å². The summed E-state index contributed by atoms with van der Waals surface area (Å²) in [5.41, 5.74) is 1.72. The van der Waals surface area contributed by atoms with Crippen molar-refractivity contribution >= 4 is 22.9 Å². The third-order valence-electron chi connectivity index (χ3n) is 6.11. The Morgan fingerprint density at radius 2 is 1.92 bits per heavy atom. The number of benzene rings is 1. The third kappa shape index (κ3) is 6.89. The Balaban J connectivity index is 0.000000237. The highest BCUT2D eigenvalue weighted by molar-refractivity contribution is 7.15. The number of piperazine rings is 1. The van der Waals surface area contributed by atoms with Gasteiger partial charge in [0.1, 0.15) is 6.07 Å². The Labute approximate surface area is 220 Å². The number of nitrogens with zero attached hydrogens (tertiary/aromatic N) is 4. The largest absolute Gasteiger partial charge is 0.493 e. The van der Waals surface area contributed by atoms with Crippen LogP contribution in [0.2, 0.25) is 0 Å². The number of thiazole rings is 1. The molecule has 8 nitrogen and oxygen atoms in total. The number of methoxy groups -OCH3 is 1. The number of ether oxygens (including phenoxy) is 2. The fourth-order valence-electron chi connectivity index (χ4n) is 4.55. The molecule has 0 saturated carbocycles. The van der Waals surface area contributed by atoms with Gasteiger partial charge >= 0.3 is 0 Å². The van der Waals surface area contributed by atoms with Gasteiger partial charge in [0, 0.05) is 43.0 Å². The maximum atomic E-state index is 10.9. The number of rotatable bonds is 5. The summed E-state index contributed by atoms with van der Waals surface area (Å²) in [6.45, 7) is 14.1. The molecule has 0 aliphatic carbocycles. The highest BCUT2D eigenvalue weighted by Crippen LogP contribution is 2.37. The van der Waals surface area contributed by atoms with Crippen LogP contribution in [0.1, 0.15) is 63.6 Å². The molecule has 2 fully saturated rings. The Hall–Kier alpha value is -2.83.